The van der Waals surface area contributed by atoms with Gasteiger partial charge in [0, 0.05) is 18.2 Å². The van der Waals surface area contributed by atoms with Gasteiger partial charge in [0.25, 0.3) is 0 Å². The first-order chi connectivity index (χ1) is 10.0. The van der Waals surface area contributed by atoms with Crippen molar-refractivity contribution in [3.8, 4) is 0 Å². The molecule has 118 valence electrons. The van der Waals surface area contributed by atoms with E-state index in [0.29, 0.717) is 5.92 Å². The van der Waals surface area contributed by atoms with Crippen molar-refractivity contribution in [3.63, 3.8) is 0 Å². The molecule has 1 aromatic rings. The van der Waals surface area contributed by atoms with E-state index in [4.69, 9.17) is 9.63 Å². The third kappa shape index (κ3) is 3.97. The standard InChI is InChI=1S/C15H25N3O3/c1-9(14-10(2)18-21-11(14)3)16-15(20)17-13-6-4-12(8-19)5-7-13/h9,12-13,19H,4-8H2,1-3H3,(H2,16,17,20). The van der Waals surface area contributed by atoms with Crippen molar-refractivity contribution >= 4 is 6.03 Å². The van der Waals surface area contributed by atoms with Gasteiger partial charge in [-0.2, -0.15) is 0 Å². The molecule has 21 heavy (non-hydrogen) atoms. The van der Waals surface area contributed by atoms with Crippen LogP contribution in [-0.2, 0) is 0 Å². The summed E-state index contributed by atoms with van der Waals surface area (Å²) < 4.78 is 5.13. The highest BCUT2D eigenvalue weighted by Gasteiger charge is 2.23. The van der Waals surface area contributed by atoms with E-state index in [2.05, 4.69) is 15.8 Å². The summed E-state index contributed by atoms with van der Waals surface area (Å²) in [5.74, 6) is 1.14. The number of aryl methyl sites for hydroxylation is 2. The first-order valence-corrected chi connectivity index (χ1v) is 7.62. The van der Waals surface area contributed by atoms with Crippen LogP contribution in [0, 0.1) is 19.8 Å². The zero-order valence-corrected chi connectivity index (χ0v) is 13.0. The predicted octanol–water partition coefficient (Wildman–Crippen LogP) is 2.20. The zero-order valence-electron chi connectivity index (χ0n) is 13.0. The molecule has 1 heterocycles. The Morgan fingerprint density at radius 2 is 2.05 bits per heavy atom. The van der Waals surface area contributed by atoms with Gasteiger partial charge in [0.1, 0.15) is 5.76 Å². The molecule has 0 aromatic carbocycles. The minimum absolute atomic E-state index is 0.134. The number of hydrogen-bond donors (Lipinski definition) is 3. The maximum Gasteiger partial charge on any atom is 0.315 e. The van der Waals surface area contributed by atoms with Gasteiger partial charge < -0.3 is 20.3 Å². The summed E-state index contributed by atoms with van der Waals surface area (Å²) in [6.45, 7) is 5.90. The molecule has 3 N–H and O–H groups in total. The largest absolute Gasteiger partial charge is 0.396 e. The molecule has 6 heteroatoms. The highest BCUT2D eigenvalue weighted by atomic mass is 16.5. The molecule has 1 fully saturated rings. The number of rotatable bonds is 4. The van der Waals surface area contributed by atoms with Gasteiger partial charge in [-0.15, -0.1) is 0 Å². The van der Waals surface area contributed by atoms with Gasteiger partial charge in [-0.25, -0.2) is 4.79 Å². The number of carbonyl (C=O) groups excluding carboxylic acids is 1. The van der Waals surface area contributed by atoms with E-state index in [0.717, 1.165) is 42.7 Å². The molecule has 0 saturated heterocycles. The van der Waals surface area contributed by atoms with Gasteiger partial charge in [0.2, 0.25) is 0 Å². The van der Waals surface area contributed by atoms with Crippen molar-refractivity contribution in [3.05, 3.63) is 17.0 Å². The lowest BCUT2D eigenvalue weighted by Crippen LogP contribution is -2.44. The molecule has 2 rings (SSSR count). The van der Waals surface area contributed by atoms with Gasteiger partial charge in [-0.1, -0.05) is 5.16 Å². The number of nitrogens with one attached hydrogen (secondary N) is 2. The van der Waals surface area contributed by atoms with Crippen LogP contribution >= 0.6 is 0 Å². The number of aliphatic hydroxyl groups excluding tert-OH is 1. The Labute approximate surface area is 125 Å². The van der Waals surface area contributed by atoms with E-state index in [1.54, 1.807) is 0 Å². The molecular weight excluding hydrogens is 270 g/mol. The normalized spacial score (nSPS) is 23.6. The summed E-state index contributed by atoms with van der Waals surface area (Å²) in [6.07, 6.45) is 3.80. The van der Waals surface area contributed by atoms with Crippen LogP contribution in [0.3, 0.4) is 0 Å². The lowest BCUT2D eigenvalue weighted by molar-refractivity contribution is 0.174. The van der Waals surface area contributed by atoms with E-state index in [1.165, 1.54) is 0 Å². The Morgan fingerprint density at radius 1 is 1.38 bits per heavy atom. The maximum absolute atomic E-state index is 12.1. The molecule has 1 unspecified atom stereocenters. The van der Waals surface area contributed by atoms with Crippen molar-refractivity contribution in [2.24, 2.45) is 5.92 Å². The number of aliphatic hydroxyl groups is 1. The highest BCUT2D eigenvalue weighted by Crippen LogP contribution is 2.24. The number of carbonyl (C=O) groups is 1. The second-order valence-electron chi connectivity index (χ2n) is 5.98. The quantitative estimate of drug-likeness (QED) is 0.794. The fraction of sp³-hybridized carbons (Fsp3) is 0.733. The maximum atomic E-state index is 12.1. The summed E-state index contributed by atoms with van der Waals surface area (Å²) in [7, 11) is 0. The number of aromatic nitrogens is 1. The topological polar surface area (TPSA) is 87.4 Å². The molecule has 1 aromatic heterocycles. The predicted molar refractivity (Wildman–Crippen MR) is 78.9 cm³/mol. The van der Waals surface area contributed by atoms with Crippen molar-refractivity contribution in [1.82, 2.24) is 15.8 Å². The Kier molecular flexibility index (Phi) is 5.22. The second-order valence-corrected chi connectivity index (χ2v) is 5.98. The molecule has 0 aliphatic heterocycles. The number of urea groups is 1. The SMILES string of the molecule is Cc1noc(C)c1C(C)NC(=O)NC1CCC(CO)CC1. The van der Waals surface area contributed by atoms with Crippen LogP contribution < -0.4 is 10.6 Å². The van der Waals surface area contributed by atoms with Gasteiger partial charge in [0.15, 0.2) is 0 Å². The monoisotopic (exact) mass is 295 g/mol. The molecular formula is C15H25N3O3. The van der Waals surface area contributed by atoms with Crippen LogP contribution in [0.15, 0.2) is 4.52 Å². The van der Waals surface area contributed by atoms with Crippen LogP contribution in [0.2, 0.25) is 0 Å². The average molecular weight is 295 g/mol. The van der Waals surface area contributed by atoms with Gasteiger partial charge >= 0.3 is 6.03 Å². The lowest BCUT2D eigenvalue weighted by Gasteiger charge is -2.28. The molecule has 0 radical (unpaired) electrons. The van der Waals surface area contributed by atoms with E-state index in [-0.39, 0.29) is 24.7 Å². The Bertz CT molecular complexity index is 459. The summed E-state index contributed by atoms with van der Waals surface area (Å²) in [6, 6.07) is -0.0929. The van der Waals surface area contributed by atoms with Crippen molar-refractivity contribution in [1.29, 1.82) is 0 Å². The van der Waals surface area contributed by atoms with Crippen LogP contribution in [0.4, 0.5) is 4.79 Å². The molecule has 0 spiro atoms. The molecule has 2 amide bonds. The van der Waals surface area contributed by atoms with Crippen LogP contribution in [0.25, 0.3) is 0 Å². The fourth-order valence-electron chi connectivity index (χ4n) is 3.09. The van der Waals surface area contributed by atoms with Gasteiger partial charge in [0.05, 0.1) is 11.7 Å². The van der Waals surface area contributed by atoms with E-state index in [1.807, 2.05) is 20.8 Å². The summed E-state index contributed by atoms with van der Waals surface area (Å²) in [4.78, 5) is 12.1. The molecule has 0 bridgehead atoms. The Hall–Kier alpha value is -1.56. The number of amides is 2. The number of nitrogens with zero attached hydrogens (tertiary/aromatic N) is 1. The molecule has 1 saturated carbocycles. The fourth-order valence-corrected chi connectivity index (χ4v) is 3.09. The zero-order chi connectivity index (χ0) is 15.4. The van der Waals surface area contributed by atoms with Crippen LogP contribution in [0.5, 0.6) is 0 Å². The Morgan fingerprint density at radius 3 is 2.57 bits per heavy atom. The van der Waals surface area contributed by atoms with Gasteiger partial charge in [-0.3, -0.25) is 0 Å². The molecule has 1 atom stereocenters. The molecule has 1 aliphatic rings. The van der Waals surface area contributed by atoms with Crippen molar-refractivity contribution < 1.29 is 14.4 Å². The van der Waals surface area contributed by atoms with Gasteiger partial charge in [-0.05, 0) is 52.4 Å². The minimum atomic E-state index is -0.157. The summed E-state index contributed by atoms with van der Waals surface area (Å²) in [5.41, 5.74) is 1.75. The first kappa shape index (κ1) is 15.8. The van der Waals surface area contributed by atoms with E-state index < -0.39 is 0 Å². The summed E-state index contributed by atoms with van der Waals surface area (Å²) >= 11 is 0. The first-order valence-electron chi connectivity index (χ1n) is 7.62. The lowest BCUT2D eigenvalue weighted by atomic mass is 9.87. The van der Waals surface area contributed by atoms with Crippen LogP contribution in [0.1, 0.15) is 55.7 Å². The van der Waals surface area contributed by atoms with Crippen molar-refractivity contribution in [2.45, 2.75) is 58.5 Å². The smallest absolute Gasteiger partial charge is 0.315 e. The average Bonchev–Trinajstić information content (AvgIpc) is 2.78. The Balaban J connectivity index is 1.82. The third-order valence-electron chi connectivity index (χ3n) is 4.31. The van der Waals surface area contributed by atoms with Crippen LogP contribution in [-0.4, -0.2) is 28.9 Å². The second kappa shape index (κ2) is 6.93. The third-order valence-corrected chi connectivity index (χ3v) is 4.31. The van der Waals surface area contributed by atoms with E-state index >= 15 is 0 Å². The molecule has 6 nitrogen and oxygen atoms in total. The highest BCUT2D eigenvalue weighted by molar-refractivity contribution is 5.74. The van der Waals surface area contributed by atoms with Crippen molar-refractivity contribution in [2.75, 3.05) is 6.61 Å². The molecule has 1 aliphatic carbocycles. The minimum Gasteiger partial charge on any atom is -0.396 e. The van der Waals surface area contributed by atoms with E-state index in [9.17, 15) is 4.79 Å². The summed E-state index contributed by atoms with van der Waals surface area (Å²) in [5, 5.41) is 19.0. The number of hydrogen-bond acceptors (Lipinski definition) is 4.